The Morgan fingerprint density at radius 1 is 1.30 bits per heavy atom. The summed E-state index contributed by atoms with van der Waals surface area (Å²) in [5.41, 5.74) is 1.71. The predicted molar refractivity (Wildman–Crippen MR) is 88.0 cm³/mol. The third kappa shape index (κ3) is 3.17. The van der Waals surface area contributed by atoms with E-state index >= 15 is 0 Å². The van der Waals surface area contributed by atoms with E-state index in [0.717, 1.165) is 12.2 Å². The van der Waals surface area contributed by atoms with Crippen LogP contribution >= 0.6 is 0 Å². The van der Waals surface area contributed by atoms with Crippen molar-refractivity contribution in [3.8, 4) is 11.3 Å². The van der Waals surface area contributed by atoms with Crippen molar-refractivity contribution in [3.05, 3.63) is 48.4 Å². The van der Waals surface area contributed by atoms with E-state index in [1.54, 1.807) is 48.2 Å². The molecule has 1 atom stereocenters. The maximum Gasteiger partial charge on any atom is 0.157 e. The highest BCUT2D eigenvalue weighted by atomic mass is 19.1. The molecule has 0 saturated heterocycles. The second-order valence-electron chi connectivity index (χ2n) is 5.25. The van der Waals surface area contributed by atoms with Crippen LogP contribution in [0.4, 0.5) is 10.2 Å². The Bertz CT molecular complexity index is 798. The van der Waals surface area contributed by atoms with Crippen LogP contribution in [-0.2, 0) is 4.74 Å². The molecule has 3 aromatic rings. The van der Waals surface area contributed by atoms with Gasteiger partial charge in [0.05, 0.1) is 18.0 Å². The lowest BCUT2D eigenvalue weighted by molar-refractivity contribution is 0.110. The lowest BCUT2D eigenvalue weighted by Gasteiger charge is -2.16. The van der Waals surface area contributed by atoms with E-state index in [-0.39, 0.29) is 11.9 Å². The first-order valence-electron chi connectivity index (χ1n) is 7.59. The van der Waals surface area contributed by atoms with E-state index in [2.05, 4.69) is 22.3 Å². The zero-order valence-electron chi connectivity index (χ0n) is 13.2. The second-order valence-corrected chi connectivity index (χ2v) is 5.25. The quantitative estimate of drug-likeness (QED) is 0.758. The Balaban J connectivity index is 2.00. The summed E-state index contributed by atoms with van der Waals surface area (Å²) in [5.74, 6) is 0.465. The van der Waals surface area contributed by atoms with Crippen LogP contribution in [0.2, 0.25) is 0 Å². The van der Waals surface area contributed by atoms with E-state index in [9.17, 15) is 4.39 Å². The summed E-state index contributed by atoms with van der Waals surface area (Å²) in [4.78, 5) is 4.48. The SMILES string of the molecule is CC[C@@H](CNc1cc(-c2ccccc2F)nc2ccnn12)OC. The van der Waals surface area contributed by atoms with Gasteiger partial charge in [-0.25, -0.2) is 9.37 Å². The average Bonchev–Trinajstić information content (AvgIpc) is 3.04. The highest BCUT2D eigenvalue weighted by Crippen LogP contribution is 2.24. The Kier molecular flexibility index (Phi) is 4.52. The number of ether oxygens (including phenoxy) is 1. The van der Waals surface area contributed by atoms with Crippen molar-refractivity contribution in [2.75, 3.05) is 19.0 Å². The van der Waals surface area contributed by atoms with Gasteiger partial charge in [-0.05, 0) is 18.6 Å². The van der Waals surface area contributed by atoms with Crippen LogP contribution in [0, 0.1) is 5.82 Å². The first-order chi connectivity index (χ1) is 11.2. The molecular weight excluding hydrogens is 295 g/mol. The maximum absolute atomic E-state index is 14.1. The molecule has 2 heterocycles. The number of rotatable bonds is 6. The zero-order valence-corrected chi connectivity index (χ0v) is 13.2. The molecule has 0 amide bonds. The normalized spacial score (nSPS) is 12.5. The molecule has 1 N–H and O–H groups in total. The molecule has 0 fully saturated rings. The molecule has 3 rings (SSSR count). The second kappa shape index (κ2) is 6.75. The fourth-order valence-corrected chi connectivity index (χ4v) is 2.46. The van der Waals surface area contributed by atoms with Crippen LogP contribution in [0.3, 0.4) is 0 Å². The van der Waals surface area contributed by atoms with Crippen molar-refractivity contribution >= 4 is 11.5 Å². The van der Waals surface area contributed by atoms with Gasteiger partial charge in [-0.2, -0.15) is 9.61 Å². The largest absolute Gasteiger partial charge is 0.380 e. The summed E-state index contributed by atoms with van der Waals surface area (Å²) in [6, 6.07) is 10.2. The molecule has 0 saturated carbocycles. The molecule has 0 aliphatic heterocycles. The third-order valence-corrected chi connectivity index (χ3v) is 3.81. The van der Waals surface area contributed by atoms with Gasteiger partial charge >= 0.3 is 0 Å². The molecule has 23 heavy (non-hydrogen) atoms. The van der Waals surface area contributed by atoms with Crippen molar-refractivity contribution in [1.29, 1.82) is 0 Å². The fourth-order valence-electron chi connectivity index (χ4n) is 2.46. The number of methoxy groups -OCH3 is 1. The fraction of sp³-hybridized carbons (Fsp3) is 0.294. The van der Waals surface area contributed by atoms with Gasteiger partial charge in [0.15, 0.2) is 5.65 Å². The number of benzene rings is 1. The van der Waals surface area contributed by atoms with E-state index in [4.69, 9.17) is 4.74 Å². The molecule has 0 bridgehead atoms. The van der Waals surface area contributed by atoms with E-state index in [1.165, 1.54) is 6.07 Å². The standard InChI is InChI=1S/C17H19FN4O/c1-3-12(23-2)11-19-17-10-15(13-6-4-5-7-14(13)18)21-16-8-9-20-22(16)17/h4-10,12,19H,3,11H2,1-2H3/t12-/m0/s1. The number of anilines is 1. The zero-order chi connectivity index (χ0) is 16.2. The van der Waals surface area contributed by atoms with Crippen molar-refractivity contribution in [2.45, 2.75) is 19.4 Å². The average molecular weight is 314 g/mol. The maximum atomic E-state index is 14.1. The predicted octanol–water partition coefficient (Wildman–Crippen LogP) is 3.37. The van der Waals surface area contributed by atoms with Crippen LogP contribution in [0.1, 0.15) is 13.3 Å². The summed E-state index contributed by atoms with van der Waals surface area (Å²) >= 11 is 0. The van der Waals surface area contributed by atoms with Gasteiger partial charge in [0, 0.05) is 31.4 Å². The van der Waals surface area contributed by atoms with Gasteiger partial charge in [-0.15, -0.1) is 0 Å². The molecular formula is C17H19FN4O. The molecule has 0 unspecified atom stereocenters. The smallest absolute Gasteiger partial charge is 0.157 e. The number of nitrogens with one attached hydrogen (secondary N) is 1. The third-order valence-electron chi connectivity index (χ3n) is 3.81. The Labute approximate surface area is 134 Å². The van der Waals surface area contributed by atoms with Crippen LogP contribution in [0.15, 0.2) is 42.6 Å². The van der Waals surface area contributed by atoms with Crippen molar-refractivity contribution in [3.63, 3.8) is 0 Å². The number of hydrogen-bond acceptors (Lipinski definition) is 4. The van der Waals surface area contributed by atoms with Gasteiger partial charge < -0.3 is 10.1 Å². The van der Waals surface area contributed by atoms with E-state index in [1.807, 2.05) is 0 Å². The van der Waals surface area contributed by atoms with Crippen LogP contribution < -0.4 is 5.32 Å². The number of nitrogens with zero attached hydrogens (tertiary/aromatic N) is 3. The number of halogens is 1. The molecule has 6 heteroatoms. The minimum atomic E-state index is -0.293. The monoisotopic (exact) mass is 314 g/mol. The molecule has 120 valence electrons. The minimum absolute atomic E-state index is 0.102. The molecule has 2 aromatic heterocycles. The lowest BCUT2D eigenvalue weighted by atomic mass is 10.1. The summed E-state index contributed by atoms with van der Waals surface area (Å²) in [7, 11) is 1.69. The molecule has 1 aromatic carbocycles. The first kappa shape index (κ1) is 15.4. The molecule has 5 nitrogen and oxygen atoms in total. The van der Waals surface area contributed by atoms with Gasteiger partial charge in [-0.1, -0.05) is 19.1 Å². The Morgan fingerprint density at radius 3 is 2.87 bits per heavy atom. The topological polar surface area (TPSA) is 51.5 Å². The molecule has 0 spiro atoms. The van der Waals surface area contributed by atoms with Gasteiger partial charge in [0.2, 0.25) is 0 Å². The Morgan fingerprint density at radius 2 is 2.13 bits per heavy atom. The lowest BCUT2D eigenvalue weighted by Crippen LogP contribution is -2.22. The summed E-state index contributed by atoms with van der Waals surface area (Å²) in [6.45, 7) is 2.71. The highest BCUT2D eigenvalue weighted by molar-refractivity contribution is 5.66. The van der Waals surface area contributed by atoms with E-state index < -0.39 is 0 Å². The number of aromatic nitrogens is 3. The molecule has 0 radical (unpaired) electrons. The molecule has 0 aliphatic rings. The number of hydrogen-bond donors (Lipinski definition) is 1. The van der Waals surface area contributed by atoms with Crippen molar-refractivity contribution in [2.24, 2.45) is 0 Å². The Hall–Kier alpha value is -2.47. The highest BCUT2D eigenvalue weighted by Gasteiger charge is 2.12. The molecule has 0 aliphatic carbocycles. The van der Waals surface area contributed by atoms with Crippen LogP contribution in [0.5, 0.6) is 0 Å². The summed E-state index contributed by atoms with van der Waals surface area (Å²) in [5, 5.41) is 7.58. The number of fused-ring (bicyclic) bond motifs is 1. The first-order valence-corrected chi connectivity index (χ1v) is 7.59. The summed E-state index contributed by atoms with van der Waals surface area (Å²) < 4.78 is 21.1. The van der Waals surface area contributed by atoms with Crippen molar-refractivity contribution < 1.29 is 9.13 Å². The van der Waals surface area contributed by atoms with Gasteiger partial charge in [0.25, 0.3) is 0 Å². The van der Waals surface area contributed by atoms with Crippen LogP contribution in [-0.4, -0.2) is 34.4 Å². The van der Waals surface area contributed by atoms with E-state index in [0.29, 0.717) is 23.4 Å². The van der Waals surface area contributed by atoms with Gasteiger partial charge in [-0.3, -0.25) is 0 Å². The van der Waals surface area contributed by atoms with Gasteiger partial charge in [0.1, 0.15) is 11.6 Å². The van der Waals surface area contributed by atoms with Crippen molar-refractivity contribution in [1.82, 2.24) is 14.6 Å². The minimum Gasteiger partial charge on any atom is -0.380 e. The van der Waals surface area contributed by atoms with Crippen LogP contribution in [0.25, 0.3) is 16.9 Å². The summed E-state index contributed by atoms with van der Waals surface area (Å²) in [6.07, 6.45) is 2.68.